The molecule has 1 aliphatic rings. The zero-order chi connectivity index (χ0) is 14.2. The third-order valence-corrected chi connectivity index (χ3v) is 5.11. The van der Waals surface area contributed by atoms with Crippen LogP contribution < -0.4 is 11.5 Å². The topological polar surface area (TPSA) is 106 Å². The second-order valence-corrected chi connectivity index (χ2v) is 6.77. The Hall–Kier alpha value is -1.60. The quantitative estimate of drug-likeness (QED) is 0.766. The maximum atomic E-state index is 12.4. The van der Waals surface area contributed by atoms with E-state index in [1.807, 2.05) is 0 Å². The molecule has 104 valence electrons. The Morgan fingerprint density at radius 3 is 2.58 bits per heavy atom. The summed E-state index contributed by atoms with van der Waals surface area (Å²) >= 11 is 0. The molecule has 1 unspecified atom stereocenters. The average molecular weight is 283 g/mol. The summed E-state index contributed by atoms with van der Waals surface area (Å²) in [5.74, 6) is -0.863. The molecule has 1 fully saturated rings. The summed E-state index contributed by atoms with van der Waals surface area (Å²) in [6.45, 7) is 2.24. The smallest absolute Gasteiger partial charge is 0.243 e. The van der Waals surface area contributed by atoms with E-state index in [0.29, 0.717) is 18.7 Å². The highest BCUT2D eigenvalue weighted by atomic mass is 32.2. The lowest BCUT2D eigenvalue weighted by atomic mass is 10.1. The highest BCUT2D eigenvalue weighted by Gasteiger charge is 2.35. The number of hydrogen-bond acceptors (Lipinski definition) is 4. The molecule has 6 nitrogen and oxygen atoms in total. The number of sulfonamides is 1. The second-order valence-electron chi connectivity index (χ2n) is 4.83. The van der Waals surface area contributed by atoms with Gasteiger partial charge in [0, 0.05) is 18.8 Å². The Morgan fingerprint density at radius 2 is 2.05 bits per heavy atom. The summed E-state index contributed by atoms with van der Waals surface area (Å²) in [5, 5.41) is 0. The minimum atomic E-state index is -3.60. The van der Waals surface area contributed by atoms with Crippen molar-refractivity contribution in [2.75, 3.05) is 18.8 Å². The number of nitrogens with two attached hydrogens (primary N) is 2. The maximum Gasteiger partial charge on any atom is 0.243 e. The van der Waals surface area contributed by atoms with Crippen LogP contribution >= 0.6 is 0 Å². The zero-order valence-corrected chi connectivity index (χ0v) is 11.5. The number of benzene rings is 1. The fraction of sp³-hybridized carbons (Fsp3) is 0.417. The van der Waals surface area contributed by atoms with Crippen molar-refractivity contribution in [2.45, 2.75) is 18.2 Å². The summed E-state index contributed by atoms with van der Waals surface area (Å²) in [4.78, 5) is 11.3. The molecular formula is C12H17N3O3S. The van der Waals surface area contributed by atoms with E-state index in [0.717, 1.165) is 5.56 Å². The van der Waals surface area contributed by atoms with Gasteiger partial charge in [0.05, 0.1) is 10.8 Å². The second kappa shape index (κ2) is 4.82. The van der Waals surface area contributed by atoms with E-state index in [4.69, 9.17) is 11.5 Å². The highest BCUT2D eigenvalue weighted by molar-refractivity contribution is 7.89. The number of carbonyl (C=O) groups excluding carboxylic acids is 1. The molecule has 1 aromatic rings. The first kappa shape index (κ1) is 13.8. The minimum Gasteiger partial charge on any atom is -0.399 e. The third-order valence-electron chi connectivity index (χ3n) is 3.26. The van der Waals surface area contributed by atoms with E-state index in [1.165, 1.54) is 10.4 Å². The predicted octanol–water partition coefficient (Wildman–Crippen LogP) is 0.0731. The van der Waals surface area contributed by atoms with Gasteiger partial charge in [-0.05, 0) is 37.1 Å². The van der Waals surface area contributed by atoms with Crippen molar-refractivity contribution in [2.24, 2.45) is 11.7 Å². The van der Waals surface area contributed by atoms with Crippen molar-refractivity contribution in [3.63, 3.8) is 0 Å². The molecule has 1 aromatic carbocycles. The van der Waals surface area contributed by atoms with Gasteiger partial charge in [0.15, 0.2) is 0 Å². The molecular weight excluding hydrogens is 266 g/mol. The number of rotatable bonds is 3. The van der Waals surface area contributed by atoms with Crippen molar-refractivity contribution in [1.82, 2.24) is 4.31 Å². The van der Waals surface area contributed by atoms with Crippen LogP contribution in [0.2, 0.25) is 0 Å². The van der Waals surface area contributed by atoms with E-state index < -0.39 is 21.8 Å². The van der Waals surface area contributed by atoms with Crippen LogP contribution in [0.25, 0.3) is 0 Å². The van der Waals surface area contributed by atoms with Gasteiger partial charge >= 0.3 is 0 Å². The standard InChI is InChI=1S/C12H17N3O3S/c1-8-4-10(13)6-11(5-8)19(17,18)15-3-2-9(7-15)12(14)16/h4-6,9H,2-3,7,13H2,1H3,(H2,14,16). The van der Waals surface area contributed by atoms with E-state index in [1.54, 1.807) is 19.1 Å². The first-order chi connectivity index (χ1) is 8.80. The maximum absolute atomic E-state index is 12.4. The number of primary amides is 1. The molecule has 19 heavy (non-hydrogen) atoms. The van der Waals surface area contributed by atoms with Gasteiger partial charge in [-0.25, -0.2) is 8.42 Å². The van der Waals surface area contributed by atoms with Crippen molar-refractivity contribution < 1.29 is 13.2 Å². The molecule has 0 spiro atoms. The lowest BCUT2D eigenvalue weighted by Crippen LogP contribution is -2.31. The molecule has 0 radical (unpaired) electrons. The van der Waals surface area contributed by atoms with Crippen LogP contribution in [0.15, 0.2) is 23.1 Å². The zero-order valence-electron chi connectivity index (χ0n) is 10.7. The van der Waals surface area contributed by atoms with Gasteiger partial charge in [-0.3, -0.25) is 4.79 Å². The summed E-state index contributed by atoms with van der Waals surface area (Å²) in [7, 11) is -3.60. The summed E-state index contributed by atoms with van der Waals surface area (Å²) in [5.41, 5.74) is 12.1. The SMILES string of the molecule is Cc1cc(N)cc(S(=O)(=O)N2CCC(C(N)=O)C2)c1. The van der Waals surface area contributed by atoms with Crippen molar-refractivity contribution >= 4 is 21.6 Å². The van der Waals surface area contributed by atoms with Gasteiger partial charge in [-0.1, -0.05) is 0 Å². The van der Waals surface area contributed by atoms with Crippen LogP contribution in [-0.4, -0.2) is 31.7 Å². The Bertz CT molecular complexity index is 592. The molecule has 0 saturated carbocycles. The van der Waals surface area contributed by atoms with E-state index in [9.17, 15) is 13.2 Å². The molecule has 1 heterocycles. The number of carbonyl (C=O) groups is 1. The van der Waals surface area contributed by atoms with E-state index in [-0.39, 0.29) is 11.4 Å². The number of nitrogens with zero attached hydrogens (tertiary/aromatic N) is 1. The van der Waals surface area contributed by atoms with Crippen LogP contribution in [-0.2, 0) is 14.8 Å². The number of amides is 1. The normalized spacial score (nSPS) is 20.6. The molecule has 7 heteroatoms. The van der Waals surface area contributed by atoms with Crippen LogP contribution in [0.3, 0.4) is 0 Å². The monoisotopic (exact) mass is 283 g/mol. The first-order valence-corrected chi connectivity index (χ1v) is 7.41. The molecule has 0 bridgehead atoms. The summed E-state index contributed by atoms with van der Waals surface area (Å²) < 4.78 is 26.1. The summed E-state index contributed by atoms with van der Waals surface area (Å²) in [6, 6.07) is 4.71. The Balaban J connectivity index is 2.31. The lowest BCUT2D eigenvalue weighted by molar-refractivity contribution is -0.121. The molecule has 1 aliphatic heterocycles. The van der Waals surface area contributed by atoms with Gasteiger partial charge in [0.25, 0.3) is 0 Å². The van der Waals surface area contributed by atoms with Gasteiger partial charge in [0.2, 0.25) is 15.9 Å². The van der Waals surface area contributed by atoms with Gasteiger partial charge in [-0.15, -0.1) is 0 Å². The molecule has 1 saturated heterocycles. The molecule has 4 N–H and O–H groups in total. The van der Waals surface area contributed by atoms with Crippen LogP contribution in [0.4, 0.5) is 5.69 Å². The fourth-order valence-electron chi connectivity index (χ4n) is 2.25. The van der Waals surface area contributed by atoms with Crippen molar-refractivity contribution in [3.05, 3.63) is 23.8 Å². The van der Waals surface area contributed by atoms with E-state index in [2.05, 4.69) is 0 Å². The first-order valence-electron chi connectivity index (χ1n) is 5.97. The number of hydrogen-bond donors (Lipinski definition) is 2. The highest BCUT2D eigenvalue weighted by Crippen LogP contribution is 2.26. The van der Waals surface area contributed by atoms with Crippen molar-refractivity contribution in [1.29, 1.82) is 0 Å². The van der Waals surface area contributed by atoms with Gasteiger partial charge < -0.3 is 11.5 Å². The summed E-state index contributed by atoms with van der Waals surface area (Å²) in [6.07, 6.45) is 0.468. The number of anilines is 1. The predicted molar refractivity (Wildman–Crippen MR) is 71.7 cm³/mol. The Labute approximate surface area is 112 Å². The van der Waals surface area contributed by atoms with Gasteiger partial charge in [0.1, 0.15) is 0 Å². The number of aryl methyl sites for hydroxylation is 1. The van der Waals surface area contributed by atoms with Gasteiger partial charge in [-0.2, -0.15) is 4.31 Å². The van der Waals surface area contributed by atoms with Crippen LogP contribution in [0, 0.1) is 12.8 Å². The largest absolute Gasteiger partial charge is 0.399 e. The minimum absolute atomic E-state index is 0.144. The molecule has 2 rings (SSSR count). The lowest BCUT2D eigenvalue weighted by Gasteiger charge is -2.16. The third kappa shape index (κ3) is 2.71. The molecule has 0 aliphatic carbocycles. The Kier molecular flexibility index (Phi) is 3.51. The van der Waals surface area contributed by atoms with Crippen molar-refractivity contribution in [3.8, 4) is 0 Å². The molecule has 0 aromatic heterocycles. The molecule has 1 amide bonds. The fourth-order valence-corrected chi connectivity index (χ4v) is 3.89. The number of nitrogen functional groups attached to an aromatic ring is 1. The Morgan fingerprint density at radius 1 is 1.37 bits per heavy atom. The van der Waals surface area contributed by atoms with Crippen LogP contribution in [0.1, 0.15) is 12.0 Å². The molecule has 1 atom stereocenters. The average Bonchev–Trinajstić information content (AvgIpc) is 2.77. The van der Waals surface area contributed by atoms with Crippen LogP contribution in [0.5, 0.6) is 0 Å². The van der Waals surface area contributed by atoms with E-state index >= 15 is 0 Å².